The van der Waals surface area contributed by atoms with Crippen molar-refractivity contribution in [2.75, 3.05) is 17.2 Å². The number of urea groups is 1. The van der Waals surface area contributed by atoms with Crippen molar-refractivity contribution in [1.29, 1.82) is 0 Å². The first-order chi connectivity index (χ1) is 11.8. The van der Waals surface area contributed by atoms with Gasteiger partial charge in [0.15, 0.2) is 0 Å². The lowest BCUT2D eigenvalue weighted by Gasteiger charge is -2.25. The molecule has 0 aliphatic carbocycles. The van der Waals surface area contributed by atoms with Crippen molar-refractivity contribution in [3.05, 3.63) is 59.9 Å². The largest absolute Gasteiger partial charge is 0.337 e. The quantitative estimate of drug-likeness (QED) is 0.771. The Morgan fingerprint density at radius 2 is 1.72 bits per heavy atom. The third-order valence-corrected chi connectivity index (χ3v) is 3.78. The number of hydrogen-bond acceptors (Lipinski definition) is 2. The Bertz CT molecular complexity index is 761. The summed E-state index contributed by atoms with van der Waals surface area (Å²) in [6.45, 7) is 5.77. The molecule has 0 aromatic heterocycles. The summed E-state index contributed by atoms with van der Waals surface area (Å²) < 4.78 is 13.9. The average molecular weight is 343 g/mol. The first-order valence-corrected chi connectivity index (χ1v) is 7.95. The fourth-order valence-corrected chi connectivity index (χ4v) is 2.36. The van der Waals surface area contributed by atoms with Crippen molar-refractivity contribution in [2.24, 2.45) is 0 Å². The van der Waals surface area contributed by atoms with Crippen LogP contribution in [0.4, 0.5) is 20.6 Å². The normalized spacial score (nSPS) is 10.9. The van der Waals surface area contributed by atoms with Gasteiger partial charge < -0.3 is 16.0 Å². The minimum absolute atomic E-state index is 0.00117. The van der Waals surface area contributed by atoms with E-state index in [0.29, 0.717) is 12.2 Å². The minimum Gasteiger partial charge on any atom is -0.337 e. The summed E-state index contributed by atoms with van der Waals surface area (Å²) in [5, 5.41) is 7.77. The van der Waals surface area contributed by atoms with Crippen LogP contribution in [0, 0.1) is 5.82 Å². The third kappa shape index (κ3) is 5.31. The second-order valence-electron chi connectivity index (χ2n) is 6.43. The maximum Gasteiger partial charge on any atom is 0.319 e. The maximum absolute atomic E-state index is 13.9. The van der Waals surface area contributed by atoms with Crippen LogP contribution in [0.2, 0.25) is 0 Å². The lowest BCUT2D eigenvalue weighted by molar-refractivity contribution is -0.114. The topological polar surface area (TPSA) is 70.2 Å². The number of halogens is 1. The van der Waals surface area contributed by atoms with Gasteiger partial charge in [-0.25, -0.2) is 9.18 Å². The second kappa shape index (κ2) is 7.79. The third-order valence-electron chi connectivity index (χ3n) is 3.78. The Hall–Kier alpha value is -2.89. The van der Waals surface area contributed by atoms with E-state index in [4.69, 9.17) is 0 Å². The molecule has 2 aromatic rings. The highest BCUT2D eigenvalue weighted by molar-refractivity contribution is 5.92. The summed E-state index contributed by atoms with van der Waals surface area (Å²) in [5.74, 6) is -0.849. The van der Waals surface area contributed by atoms with Gasteiger partial charge in [-0.1, -0.05) is 44.2 Å². The Kier molecular flexibility index (Phi) is 5.75. The fourth-order valence-electron chi connectivity index (χ4n) is 2.36. The minimum atomic E-state index is -0.577. The summed E-state index contributed by atoms with van der Waals surface area (Å²) in [6, 6.07) is 13.3. The molecule has 0 radical (unpaired) electrons. The number of rotatable bonds is 5. The van der Waals surface area contributed by atoms with E-state index >= 15 is 0 Å². The lowest BCUT2D eigenvalue weighted by Crippen LogP contribution is -2.39. The van der Waals surface area contributed by atoms with E-state index in [-0.39, 0.29) is 17.0 Å². The van der Waals surface area contributed by atoms with Gasteiger partial charge in [0, 0.05) is 24.6 Å². The molecule has 2 rings (SSSR count). The number of carbonyl (C=O) groups is 2. The zero-order valence-corrected chi connectivity index (χ0v) is 14.5. The van der Waals surface area contributed by atoms with Gasteiger partial charge >= 0.3 is 6.03 Å². The van der Waals surface area contributed by atoms with Crippen molar-refractivity contribution in [3.8, 4) is 0 Å². The van der Waals surface area contributed by atoms with Crippen molar-refractivity contribution in [2.45, 2.75) is 26.2 Å². The summed E-state index contributed by atoms with van der Waals surface area (Å²) in [4.78, 5) is 23.2. The van der Waals surface area contributed by atoms with Gasteiger partial charge in [-0.3, -0.25) is 4.79 Å². The highest BCUT2D eigenvalue weighted by Crippen LogP contribution is 2.22. The van der Waals surface area contributed by atoms with Crippen molar-refractivity contribution < 1.29 is 14.0 Å². The SMILES string of the molecule is CC(=O)Nc1ccc(F)c(NC(=O)NCC(C)(C)c2ccccc2)c1. The number of anilines is 2. The monoisotopic (exact) mass is 343 g/mol. The smallest absolute Gasteiger partial charge is 0.319 e. The van der Waals surface area contributed by atoms with Crippen molar-refractivity contribution in [3.63, 3.8) is 0 Å². The molecular formula is C19H22FN3O2. The molecule has 5 nitrogen and oxygen atoms in total. The molecule has 0 unspecified atom stereocenters. The average Bonchev–Trinajstić information content (AvgIpc) is 2.56. The molecule has 6 heteroatoms. The Morgan fingerprint density at radius 3 is 2.36 bits per heavy atom. The molecule has 0 atom stereocenters. The van der Waals surface area contributed by atoms with E-state index in [9.17, 15) is 14.0 Å². The van der Waals surface area contributed by atoms with E-state index in [2.05, 4.69) is 16.0 Å². The maximum atomic E-state index is 13.9. The van der Waals surface area contributed by atoms with Crippen molar-refractivity contribution in [1.82, 2.24) is 5.32 Å². The van der Waals surface area contributed by atoms with Gasteiger partial charge in [-0.2, -0.15) is 0 Å². The van der Waals surface area contributed by atoms with Crippen LogP contribution in [0.5, 0.6) is 0 Å². The molecule has 0 aliphatic rings. The van der Waals surface area contributed by atoms with E-state index in [0.717, 1.165) is 5.56 Å². The van der Waals surface area contributed by atoms with Crippen LogP contribution in [0.15, 0.2) is 48.5 Å². The Morgan fingerprint density at radius 1 is 1.04 bits per heavy atom. The molecule has 132 valence electrons. The summed E-state index contributed by atoms with van der Waals surface area (Å²) in [6.07, 6.45) is 0. The van der Waals surface area contributed by atoms with Gasteiger partial charge in [0.05, 0.1) is 5.69 Å². The fraction of sp³-hybridized carbons (Fsp3) is 0.263. The number of benzene rings is 2. The molecule has 0 saturated heterocycles. The van der Waals surface area contributed by atoms with Crippen LogP contribution < -0.4 is 16.0 Å². The zero-order chi connectivity index (χ0) is 18.4. The molecule has 0 aliphatic heterocycles. The highest BCUT2D eigenvalue weighted by atomic mass is 19.1. The molecule has 0 saturated carbocycles. The van der Waals surface area contributed by atoms with Crippen LogP contribution >= 0.6 is 0 Å². The molecule has 0 spiro atoms. The summed E-state index contributed by atoms with van der Waals surface area (Å²) >= 11 is 0. The van der Waals surface area contributed by atoms with E-state index < -0.39 is 11.8 Å². The van der Waals surface area contributed by atoms with Gasteiger partial charge in [0.25, 0.3) is 0 Å². The van der Waals surface area contributed by atoms with Gasteiger partial charge in [0.1, 0.15) is 5.82 Å². The van der Waals surface area contributed by atoms with Crippen LogP contribution in [0.1, 0.15) is 26.3 Å². The first-order valence-electron chi connectivity index (χ1n) is 7.95. The summed E-state index contributed by atoms with van der Waals surface area (Å²) in [7, 11) is 0. The van der Waals surface area contributed by atoms with Crippen LogP contribution in [-0.4, -0.2) is 18.5 Å². The van der Waals surface area contributed by atoms with Gasteiger partial charge in [0.2, 0.25) is 5.91 Å². The van der Waals surface area contributed by atoms with E-state index in [1.54, 1.807) is 0 Å². The standard InChI is InChI=1S/C19H22FN3O2/c1-13(24)22-15-9-10-16(20)17(11-15)23-18(25)21-12-19(2,3)14-7-5-4-6-8-14/h4-11H,12H2,1-3H3,(H,22,24)(H2,21,23,25). The molecule has 3 N–H and O–H groups in total. The number of carbonyl (C=O) groups excluding carboxylic acids is 2. The lowest BCUT2D eigenvalue weighted by atomic mass is 9.85. The van der Waals surface area contributed by atoms with Crippen LogP contribution in [0.3, 0.4) is 0 Å². The molecule has 0 fully saturated rings. The number of hydrogen-bond donors (Lipinski definition) is 3. The Balaban J connectivity index is 1.99. The molecule has 0 bridgehead atoms. The van der Waals surface area contributed by atoms with Gasteiger partial charge in [-0.05, 0) is 23.8 Å². The molecule has 2 aromatic carbocycles. The van der Waals surface area contributed by atoms with E-state index in [1.807, 2.05) is 44.2 Å². The van der Waals surface area contributed by atoms with E-state index in [1.165, 1.54) is 25.1 Å². The van der Waals surface area contributed by atoms with Crippen LogP contribution in [0.25, 0.3) is 0 Å². The van der Waals surface area contributed by atoms with Crippen molar-refractivity contribution >= 4 is 23.3 Å². The number of amides is 3. The molecule has 0 heterocycles. The molecular weight excluding hydrogens is 321 g/mol. The zero-order valence-electron chi connectivity index (χ0n) is 14.5. The predicted octanol–water partition coefficient (Wildman–Crippen LogP) is 3.88. The second-order valence-corrected chi connectivity index (χ2v) is 6.43. The van der Waals surface area contributed by atoms with Crippen LogP contribution in [-0.2, 0) is 10.2 Å². The Labute approximate surface area is 146 Å². The predicted molar refractivity (Wildman–Crippen MR) is 97.2 cm³/mol. The number of nitrogens with one attached hydrogen (secondary N) is 3. The van der Waals surface area contributed by atoms with Gasteiger partial charge in [-0.15, -0.1) is 0 Å². The highest BCUT2D eigenvalue weighted by Gasteiger charge is 2.21. The summed E-state index contributed by atoms with van der Waals surface area (Å²) in [5.41, 5.74) is 1.24. The first kappa shape index (κ1) is 18.4. The molecule has 25 heavy (non-hydrogen) atoms. The molecule has 3 amide bonds.